The first-order chi connectivity index (χ1) is 18.7. The van der Waals surface area contributed by atoms with E-state index >= 15 is 0 Å². The lowest BCUT2D eigenvalue weighted by molar-refractivity contribution is -0.131. The van der Waals surface area contributed by atoms with Gasteiger partial charge in [-0.2, -0.15) is 0 Å². The molecule has 5 rings (SSSR count). The number of hydrogen-bond donors (Lipinski definition) is 3. The fraction of sp³-hybridized carbons (Fsp3) is 0.393. The fourth-order valence-corrected chi connectivity index (χ4v) is 5.63. The van der Waals surface area contributed by atoms with E-state index in [1.807, 2.05) is 25.1 Å². The number of carbonyl (C=O) groups is 2. The van der Waals surface area contributed by atoms with E-state index in [1.165, 1.54) is 6.07 Å². The zero-order valence-electron chi connectivity index (χ0n) is 21.7. The van der Waals surface area contributed by atoms with Crippen molar-refractivity contribution < 1.29 is 19.1 Å². The minimum atomic E-state index is -0.661. The zero-order chi connectivity index (χ0) is 27.7. The van der Waals surface area contributed by atoms with Crippen LogP contribution in [0.3, 0.4) is 0 Å². The molecule has 0 unspecified atom stereocenters. The van der Waals surface area contributed by atoms with Gasteiger partial charge in [0.05, 0.1) is 30.3 Å². The van der Waals surface area contributed by atoms with E-state index in [2.05, 4.69) is 15.2 Å². The second-order valence-corrected chi connectivity index (χ2v) is 10.4. The van der Waals surface area contributed by atoms with Crippen LogP contribution in [0.15, 0.2) is 41.2 Å². The van der Waals surface area contributed by atoms with Crippen molar-refractivity contribution in [1.29, 1.82) is 0 Å². The summed E-state index contributed by atoms with van der Waals surface area (Å²) in [7, 11) is 0. The summed E-state index contributed by atoms with van der Waals surface area (Å²) in [5, 5.41) is 13.2. The Morgan fingerprint density at radius 3 is 2.64 bits per heavy atom. The smallest absolute Gasteiger partial charge is 0.270 e. The number of β-amino-alcohol motifs (C(OH)–C–C–N with tert-alkyl or cyclic N) is 1. The molecule has 1 atom stereocenters. The number of amides is 2. The molecule has 39 heavy (non-hydrogen) atoms. The van der Waals surface area contributed by atoms with Crippen LogP contribution < -0.4 is 10.9 Å². The Morgan fingerprint density at radius 2 is 1.90 bits per heavy atom. The van der Waals surface area contributed by atoms with Crippen molar-refractivity contribution in [1.82, 2.24) is 19.7 Å². The number of aromatic nitrogens is 1. The maximum atomic E-state index is 14.9. The first-order valence-corrected chi connectivity index (χ1v) is 13.4. The van der Waals surface area contributed by atoms with Crippen LogP contribution in [0.25, 0.3) is 10.8 Å². The molecule has 1 saturated heterocycles. The highest BCUT2D eigenvalue weighted by molar-refractivity contribution is 6.30. The van der Waals surface area contributed by atoms with Crippen molar-refractivity contribution in [2.75, 3.05) is 57.7 Å². The van der Waals surface area contributed by atoms with Crippen LogP contribution in [0.5, 0.6) is 0 Å². The van der Waals surface area contributed by atoms with Crippen LogP contribution in [-0.2, 0) is 11.2 Å². The Morgan fingerprint density at radius 1 is 1.13 bits per heavy atom. The maximum absolute atomic E-state index is 14.9. The summed E-state index contributed by atoms with van der Waals surface area (Å²) in [6, 6.07) is 9.65. The van der Waals surface area contributed by atoms with Gasteiger partial charge in [0, 0.05) is 44.3 Å². The van der Waals surface area contributed by atoms with Crippen molar-refractivity contribution in [3.05, 3.63) is 74.4 Å². The number of rotatable bonds is 6. The lowest BCUT2D eigenvalue weighted by atomic mass is 9.93. The van der Waals surface area contributed by atoms with Gasteiger partial charge in [-0.1, -0.05) is 17.7 Å². The Balaban J connectivity index is 1.30. The molecule has 3 heterocycles. The number of aliphatic hydroxyl groups is 1. The first kappa shape index (κ1) is 27.1. The van der Waals surface area contributed by atoms with E-state index in [1.54, 1.807) is 15.9 Å². The number of H-pyrrole nitrogens is 1. The third kappa shape index (κ3) is 5.63. The molecule has 9 nitrogen and oxygen atoms in total. The molecule has 0 saturated carbocycles. The topological polar surface area (TPSA) is 109 Å². The molecule has 0 bridgehead atoms. The number of hydrogen-bond acceptors (Lipinski definition) is 6. The van der Waals surface area contributed by atoms with Gasteiger partial charge in [-0.25, -0.2) is 4.39 Å². The molecular formula is C28H31ClFN5O4. The van der Waals surface area contributed by atoms with Crippen LogP contribution in [0, 0.1) is 5.82 Å². The highest BCUT2D eigenvalue weighted by atomic mass is 35.5. The minimum Gasteiger partial charge on any atom is -0.395 e. The highest BCUT2D eigenvalue weighted by Gasteiger charge is 2.28. The van der Waals surface area contributed by atoms with Gasteiger partial charge in [0.1, 0.15) is 11.5 Å². The number of pyridine rings is 1. The van der Waals surface area contributed by atoms with E-state index in [9.17, 15) is 18.8 Å². The molecule has 1 fully saturated rings. The van der Waals surface area contributed by atoms with Gasteiger partial charge >= 0.3 is 0 Å². The predicted octanol–water partition coefficient (Wildman–Crippen LogP) is 2.63. The molecule has 2 aliphatic heterocycles. The fourth-order valence-electron chi connectivity index (χ4n) is 5.44. The number of aromatic amines is 1. The zero-order valence-corrected chi connectivity index (χ0v) is 22.4. The van der Waals surface area contributed by atoms with E-state index in [0.717, 1.165) is 17.2 Å². The van der Waals surface area contributed by atoms with Gasteiger partial charge in [0.2, 0.25) is 5.91 Å². The summed E-state index contributed by atoms with van der Waals surface area (Å²) < 4.78 is 14.9. The Kier molecular flexibility index (Phi) is 7.88. The van der Waals surface area contributed by atoms with Gasteiger partial charge in [-0.3, -0.25) is 19.3 Å². The molecule has 3 N–H and O–H groups in total. The van der Waals surface area contributed by atoms with Crippen molar-refractivity contribution in [3.63, 3.8) is 0 Å². The molecule has 11 heteroatoms. The van der Waals surface area contributed by atoms with Gasteiger partial charge in [0.15, 0.2) is 0 Å². The van der Waals surface area contributed by atoms with Crippen molar-refractivity contribution in [3.8, 4) is 0 Å². The van der Waals surface area contributed by atoms with Crippen LogP contribution in [0.4, 0.5) is 10.1 Å². The third-order valence-electron chi connectivity index (χ3n) is 7.63. The number of fused-ring (bicyclic) bond motifs is 2. The molecule has 2 aromatic carbocycles. The molecule has 206 valence electrons. The second-order valence-electron chi connectivity index (χ2n) is 10.00. The third-order valence-corrected chi connectivity index (χ3v) is 7.87. The summed E-state index contributed by atoms with van der Waals surface area (Å²) in [6.45, 7) is 5.19. The summed E-state index contributed by atoms with van der Waals surface area (Å²) in [4.78, 5) is 46.9. The molecule has 0 radical (unpaired) electrons. The molecule has 0 spiro atoms. The number of nitrogens with zero attached hydrogens (tertiary/aromatic N) is 3. The average Bonchev–Trinajstić information content (AvgIpc) is 2.92. The molecule has 1 aromatic heterocycles. The molecule has 3 aromatic rings. The standard InChI is InChI=1S/C28H31ClFN5O4/c1-17-21-3-2-20(29)12-18(21)4-5-35(17)26(37)16-31-24-13-19-14-25(32-27(38)22(19)15-23(24)30)28(39)34-8-6-33(7-9-34)10-11-36/h2-3,12-15,17,31,36H,4-11,16H2,1H3,(H,32,38)/t17-/m0/s1. The average molecular weight is 556 g/mol. The van der Waals surface area contributed by atoms with Crippen LogP contribution in [-0.4, -0.2) is 89.0 Å². The number of anilines is 1. The number of carbonyl (C=O) groups excluding carboxylic acids is 2. The van der Waals surface area contributed by atoms with Gasteiger partial charge < -0.3 is 25.2 Å². The number of nitrogens with one attached hydrogen (secondary N) is 2. The maximum Gasteiger partial charge on any atom is 0.270 e. The van der Waals surface area contributed by atoms with Crippen molar-refractivity contribution in [2.24, 2.45) is 0 Å². The summed E-state index contributed by atoms with van der Waals surface area (Å²) in [5.74, 6) is -1.15. The normalized spacial score (nSPS) is 17.8. The number of halogens is 2. The molecule has 2 aliphatic rings. The predicted molar refractivity (Wildman–Crippen MR) is 148 cm³/mol. The van der Waals surface area contributed by atoms with Gasteiger partial charge in [-0.15, -0.1) is 0 Å². The van der Waals surface area contributed by atoms with Crippen LogP contribution in [0.2, 0.25) is 5.02 Å². The minimum absolute atomic E-state index is 0.0603. The molecule has 0 aliphatic carbocycles. The van der Waals surface area contributed by atoms with E-state index in [-0.39, 0.29) is 47.8 Å². The van der Waals surface area contributed by atoms with E-state index < -0.39 is 11.4 Å². The molecule has 2 amide bonds. The van der Waals surface area contributed by atoms with Crippen LogP contribution in [0.1, 0.15) is 34.6 Å². The Bertz CT molecular complexity index is 1470. The Hall–Kier alpha value is -3.47. The summed E-state index contributed by atoms with van der Waals surface area (Å²) in [6.07, 6.45) is 0.687. The number of benzene rings is 2. The lowest BCUT2D eigenvalue weighted by Crippen LogP contribution is -2.49. The van der Waals surface area contributed by atoms with Crippen molar-refractivity contribution in [2.45, 2.75) is 19.4 Å². The lowest BCUT2D eigenvalue weighted by Gasteiger charge is -2.35. The van der Waals surface area contributed by atoms with E-state index in [0.29, 0.717) is 56.1 Å². The SMILES string of the molecule is C[C@H]1c2ccc(Cl)cc2CCN1C(=O)CNc1cc2cc(C(=O)N3CCN(CCO)CC3)[nH]c(=O)c2cc1F. The van der Waals surface area contributed by atoms with E-state index in [4.69, 9.17) is 16.7 Å². The van der Waals surface area contributed by atoms with Gasteiger partial charge in [0.25, 0.3) is 11.5 Å². The second kappa shape index (κ2) is 11.3. The monoisotopic (exact) mass is 555 g/mol. The number of piperazine rings is 1. The summed E-state index contributed by atoms with van der Waals surface area (Å²) in [5.41, 5.74) is 1.81. The van der Waals surface area contributed by atoms with Crippen molar-refractivity contribution >= 4 is 39.9 Å². The van der Waals surface area contributed by atoms with Gasteiger partial charge in [-0.05, 0) is 60.2 Å². The first-order valence-electron chi connectivity index (χ1n) is 13.1. The number of aliphatic hydroxyl groups excluding tert-OH is 1. The van der Waals surface area contributed by atoms with Crippen LogP contribution >= 0.6 is 11.6 Å². The molecular weight excluding hydrogens is 525 g/mol. The largest absolute Gasteiger partial charge is 0.395 e. The quantitative estimate of drug-likeness (QED) is 0.431. The summed E-state index contributed by atoms with van der Waals surface area (Å²) >= 11 is 6.11. The highest BCUT2D eigenvalue weighted by Crippen LogP contribution is 2.31. The Labute approximate surface area is 230 Å².